The van der Waals surface area contributed by atoms with Gasteiger partial charge in [-0.1, -0.05) is 17.7 Å². The van der Waals surface area contributed by atoms with Gasteiger partial charge >= 0.3 is 0 Å². The maximum absolute atomic E-state index is 6.06. The minimum atomic E-state index is 0.319. The monoisotopic (exact) mass is 299 g/mol. The molecular formula is C16H17N3OS. The molecule has 0 atom stereocenters. The van der Waals surface area contributed by atoms with Gasteiger partial charge in [-0.2, -0.15) is 0 Å². The summed E-state index contributed by atoms with van der Waals surface area (Å²) in [5.74, 6) is 1.95. The maximum Gasteiger partial charge on any atom is 0.169 e. The van der Waals surface area contributed by atoms with Gasteiger partial charge in [-0.3, -0.25) is 0 Å². The third kappa shape index (κ3) is 2.69. The number of rotatable bonds is 3. The van der Waals surface area contributed by atoms with E-state index in [1.807, 2.05) is 31.2 Å². The predicted molar refractivity (Wildman–Crippen MR) is 86.8 cm³/mol. The first kappa shape index (κ1) is 13.8. The Hall–Kier alpha value is -2.14. The second-order valence-corrected chi connectivity index (χ2v) is 6.29. The van der Waals surface area contributed by atoms with Gasteiger partial charge in [-0.05, 0) is 38.5 Å². The first-order valence-electron chi connectivity index (χ1n) is 6.76. The number of nitrogens with zero attached hydrogens (tertiary/aromatic N) is 2. The molecule has 21 heavy (non-hydrogen) atoms. The fourth-order valence-electron chi connectivity index (χ4n) is 2.17. The molecule has 0 spiro atoms. The van der Waals surface area contributed by atoms with Crippen molar-refractivity contribution in [3.05, 3.63) is 46.1 Å². The van der Waals surface area contributed by atoms with E-state index >= 15 is 0 Å². The van der Waals surface area contributed by atoms with Crippen LogP contribution in [0.2, 0.25) is 0 Å². The van der Waals surface area contributed by atoms with E-state index in [0.717, 1.165) is 16.0 Å². The van der Waals surface area contributed by atoms with Crippen molar-refractivity contribution in [1.29, 1.82) is 0 Å². The van der Waals surface area contributed by atoms with Gasteiger partial charge in [0.2, 0.25) is 0 Å². The molecule has 0 fully saturated rings. The summed E-state index contributed by atoms with van der Waals surface area (Å²) in [5.41, 5.74) is 8.43. The lowest BCUT2D eigenvalue weighted by Crippen LogP contribution is -2.04. The lowest BCUT2D eigenvalue weighted by Gasteiger charge is -2.06. The summed E-state index contributed by atoms with van der Waals surface area (Å²) in [7, 11) is 0. The van der Waals surface area contributed by atoms with Gasteiger partial charge in [0.05, 0.1) is 5.39 Å². The van der Waals surface area contributed by atoms with Crippen LogP contribution in [0, 0.1) is 20.8 Å². The van der Waals surface area contributed by atoms with Gasteiger partial charge in [0, 0.05) is 4.88 Å². The molecule has 2 heterocycles. The molecule has 3 rings (SSSR count). The predicted octanol–water partition coefficient (Wildman–Crippen LogP) is 3.78. The zero-order valence-corrected chi connectivity index (χ0v) is 13.1. The van der Waals surface area contributed by atoms with Crippen molar-refractivity contribution < 1.29 is 4.74 Å². The first-order chi connectivity index (χ1) is 10.0. The molecule has 2 aromatic heterocycles. The molecule has 0 aliphatic rings. The van der Waals surface area contributed by atoms with E-state index in [0.29, 0.717) is 18.2 Å². The average Bonchev–Trinajstić information content (AvgIpc) is 2.74. The minimum Gasteiger partial charge on any atom is -0.486 e. The number of fused-ring (bicyclic) bond motifs is 1. The van der Waals surface area contributed by atoms with E-state index in [2.05, 4.69) is 23.8 Å². The standard InChI is InChI=1S/C16H17N3OS/c1-9-4-6-12(7-5-9)20-8-13-18-15(17)14-10(2)11(3)21-16(14)19-13/h4-7H,8H2,1-3H3,(H2,17,18,19). The fourth-order valence-corrected chi connectivity index (χ4v) is 3.23. The van der Waals surface area contributed by atoms with Gasteiger partial charge in [-0.15, -0.1) is 11.3 Å². The van der Waals surface area contributed by atoms with Crippen molar-refractivity contribution >= 4 is 27.4 Å². The number of nitrogen functional groups attached to an aromatic ring is 1. The first-order valence-corrected chi connectivity index (χ1v) is 7.58. The van der Waals surface area contributed by atoms with Crippen LogP contribution in [0.4, 0.5) is 5.82 Å². The molecule has 2 N–H and O–H groups in total. The molecule has 0 aliphatic carbocycles. The molecule has 5 heteroatoms. The molecule has 4 nitrogen and oxygen atoms in total. The maximum atomic E-state index is 6.06. The fraction of sp³-hybridized carbons (Fsp3) is 0.250. The highest BCUT2D eigenvalue weighted by Crippen LogP contribution is 2.31. The summed E-state index contributed by atoms with van der Waals surface area (Å²) >= 11 is 1.64. The van der Waals surface area contributed by atoms with Crippen LogP contribution in [0.15, 0.2) is 24.3 Å². The van der Waals surface area contributed by atoms with Gasteiger partial charge < -0.3 is 10.5 Å². The molecule has 0 saturated heterocycles. The second-order valence-electron chi connectivity index (χ2n) is 5.09. The number of ether oxygens (including phenoxy) is 1. The normalized spacial score (nSPS) is 11.0. The van der Waals surface area contributed by atoms with Gasteiger partial charge in [0.1, 0.15) is 23.0 Å². The Morgan fingerprint density at radius 2 is 1.81 bits per heavy atom. The summed E-state index contributed by atoms with van der Waals surface area (Å²) in [6.07, 6.45) is 0. The topological polar surface area (TPSA) is 61.0 Å². The molecule has 0 amide bonds. The Morgan fingerprint density at radius 1 is 1.10 bits per heavy atom. The smallest absolute Gasteiger partial charge is 0.169 e. The third-order valence-corrected chi connectivity index (χ3v) is 4.59. The van der Waals surface area contributed by atoms with E-state index in [9.17, 15) is 0 Å². The van der Waals surface area contributed by atoms with Crippen molar-refractivity contribution in [2.45, 2.75) is 27.4 Å². The zero-order chi connectivity index (χ0) is 15.0. The number of aryl methyl sites for hydroxylation is 3. The molecule has 1 aromatic carbocycles. The number of benzene rings is 1. The number of hydrogen-bond donors (Lipinski definition) is 1. The Kier molecular flexibility index (Phi) is 3.51. The SMILES string of the molecule is Cc1ccc(OCc2nc(N)c3c(C)c(C)sc3n2)cc1. The molecule has 0 aliphatic heterocycles. The van der Waals surface area contributed by atoms with E-state index in [-0.39, 0.29) is 0 Å². The van der Waals surface area contributed by atoms with Crippen LogP contribution in [0.1, 0.15) is 21.8 Å². The van der Waals surface area contributed by atoms with Crippen molar-refractivity contribution in [3.63, 3.8) is 0 Å². The quantitative estimate of drug-likeness (QED) is 0.799. The second kappa shape index (κ2) is 5.33. The van der Waals surface area contributed by atoms with Gasteiger partial charge in [0.25, 0.3) is 0 Å². The average molecular weight is 299 g/mol. The zero-order valence-electron chi connectivity index (χ0n) is 12.3. The Labute approximate surface area is 127 Å². The molecular weight excluding hydrogens is 282 g/mol. The van der Waals surface area contributed by atoms with Crippen molar-refractivity contribution in [2.75, 3.05) is 5.73 Å². The Morgan fingerprint density at radius 3 is 2.52 bits per heavy atom. The van der Waals surface area contributed by atoms with Gasteiger partial charge in [0.15, 0.2) is 5.82 Å². The number of nitrogens with two attached hydrogens (primary N) is 1. The number of anilines is 1. The van der Waals surface area contributed by atoms with Crippen molar-refractivity contribution in [3.8, 4) is 5.75 Å². The van der Waals surface area contributed by atoms with Gasteiger partial charge in [-0.25, -0.2) is 9.97 Å². The van der Waals surface area contributed by atoms with Crippen LogP contribution in [-0.2, 0) is 6.61 Å². The summed E-state index contributed by atoms with van der Waals surface area (Å²) in [4.78, 5) is 11.1. The van der Waals surface area contributed by atoms with E-state index in [1.54, 1.807) is 11.3 Å². The van der Waals surface area contributed by atoms with Crippen LogP contribution in [0.3, 0.4) is 0 Å². The molecule has 0 unspecified atom stereocenters. The highest BCUT2D eigenvalue weighted by Gasteiger charge is 2.12. The molecule has 108 valence electrons. The highest BCUT2D eigenvalue weighted by molar-refractivity contribution is 7.18. The molecule has 3 aromatic rings. The summed E-state index contributed by atoms with van der Waals surface area (Å²) in [6.45, 7) is 6.49. The Bertz CT molecular complexity index is 793. The van der Waals surface area contributed by atoms with Crippen molar-refractivity contribution in [2.24, 2.45) is 0 Å². The number of thiophene rings is 1. The molecule has 0 bridgehead atoms. The van der Waals surface area contributed by atoms with Crippen LogP contribution >= 0.6 is 11.3 Å². The largest absolute Gasteiger partial charge is 0.486 e. The summed E-state index contributed by atoms with van der Waals surface area (Å²) in [6, 6.07) is 7.91. The lowest BCUT2D eigenvalue weighted by molar-refractivity contribution is 0.296. The van der Waals surface area contributed by atoms with Crippen LogP contribution in [-0.4, -0.2) is 9.97 Å². The van der Waals surface area contributed by atoms with E-state index in [1.165, 1.54) is 16.0 Å². The molecule has 0 radical (unpaired) electrons. The summed E-state index contributed by atoms with van der Waals surface area (Å²) in [5, 5.41) is 0.969. The lowest BCUT2D eigenvalue weighted by atomic mass is 10.2. The Balaban J connectivity index is 1.86. The van der Waals surface area contributed by atoms with Crippen LogP contribution in [0.25, 0.3) is 10.2 Å². The highest BCUT2D eigenvalue weighted by atomic mass is 32.1. The number of hydrogen-bond acceptors (Lipinski definition) is 5. The van der Waals surface area contributed by atoms with Crippen LogP contribution < -0.4 is 10.5 Å². The molecule has 0 saturated carbocycles. The number of aromatic nitrogens is 2. The summed E-state index contributed by atoms with van der Waals surface area (Å²) < 4.78 is 5.71. The van der Waals surface area contributed by atoms with Crippen LogP contribution in [0.5, 0.6) is 5.75 Å². The van der Waals surface area contributed by atoms with E-state index < -0.39 is 0 Å². The minimum absolute atomic E-state index is 0.319. The third-order valence-electron chi connectivity index (χ3n) is 3.49. The van der Waals surface area contributed by atoms with E-state index in [4.69, 9.17) is 10.5 Å². The van der Waals surface area contributed by atoms with Crippen molar-refractivity contribution in [1.82, 2.24) is 9.97 Å².